The lowest BCUT2D eigenvalue weighted by molar-refractivity contribution is -0.142. The number of carbonyl (C=O) groups excluding carboxylic acids is 2. The quantitative estimate of drug-likeness (QED) is 0.648. The monoisotopic (exact) mass is 286 g/mol. The summed E-state index contributed by atoms with van der Waals surface area (Å²) in [5.41, 5.74) is 0. The van der Waals surface area contributed by atoms with Crippen LogP contribution in [0.4, 0.5) is 4.79 Å². The van der Waals surface area contributed by atoms with Crippen molar-refractivity contribution in [3.05, 3.63) is 0 Å². The van der Waals surface area contributed by atoms with Crippen molar-refractivity contribution >= 4 is 18.0 Å². The summed E-state index contributed by atoms with van der Waals surface area (Å²) < 4.78 is 4.46. The van der Waals surface area contributed by atoms with E-state index in [9.17, 15) is 14.4 Å². The fraction of sp³-hybridized carbons (Fsp3) is 0.769. The van der Waals surface area contributed by atoms with Crippen LogP contribution in [-0.2, 0) is 14.3 Å². The first kappa shape index (κ1) is 16.3. The largest absolute Gasteiger partial charge is 0.480 e. The number of hydrogen-bond acceptors (Lipinski definition) is 4. The van der Waals surface area contributed by atoms with Gasteiger partial charge in [0, 0.05) is 19.0 Å². The zero-order valence-electron chi connectivity index (χ0n) is 11.9. The Morgan fingerprint density at radius 2 is 2.05 bits per heavy atom. The number of aliphatic carboxylic acids is 1. The molecule has 114 valence electrons. The summed E-state index contributed by atoms with van der Waals surface area (Å²) in [7, 11) is 1.24. The molecule has 0 aromatic rings. The van der Waals surface area contributed by atoms with Crippen molar-refractivity contribution in [1.82, 2.24) is 10.2 Å². The molecule has 1 aliphatic rings. The average Bonchev–Trinajstić information content (AvgIpc) is 3.23. The maximum atomic E-state index is 12.1. The summed E-state index contributed by atoms with van der Waals surface area (Å²) >= 11 is 0. The number of rotatable bonds is 8. The van der Waals surface area contributed by atoms with Crippen LogP contribution in [0, 0.1) is 0 Å². The number of methoxy groups -OCH3 is 1. The fourth-order valence-corrected chi connectivity index (χ4v) is 1.93. The van der Waals surface area contributed by atoms with Crippen LogP contribution in [0.15, 0.2) is 0 Å². The van der Waals surface area contributed by atoms with Gasteiger partial charge in [-0.1, -0.05) is 6.92 Å². The third kappa shape index (κ3) is 5.07. The molecule has 0 heterocycles. The minimum absolute atomic E-state index is 0.0262. The van der Waals surface area contributed by atoms with Crippen LogP contribution < -0.4 is 5.32 Å². The Hall–Kier alpha value is -1.79. The van der Waals surface area contributed by atoms with Crippen molar-refractivity contribution in [2.24, 2.45) is 0 Å². The molecule has 2 amide bonds. The van der Waals surface area contributed by atoms with Crippen LogP contribution in [-0.4, -0.2) is 53.7 Å². The fourth-order valence-electron chi connectivity index (χ4n) is 1.93. The molecule has 7 nitrogen and oxygen atoms in total. The zero-order chi connectivity index (χ0) is 15.1. The molecule has 1 aliphatic carbocycles. The number of nitrogens with zero attached hydrogens (tertiary/aromatic N) is 1. The third-order valence-electron chi connectivity index (χ3n) is 3.17. The summed E-state index contributed by atoms with van der Waals surface area (Å²) in [5, 5.41) is 11.6. The van der Waals surface area contributed by atoms with Crippen molar-refractivity contribution in [2.45, 2.75) is 51.1 Å². The van der Waals surface area contributed by atoms with E-state index in [1.54, 1.807) is 4.90 Å². The van der Waals surface area contributed by atoms with Crippen LogP contribution in [0.1, 0.15) is 39.0 Å². The highest BCUT2D eigenvalue weighted by molar-refractivity contribution is 5.83. The van der Waals surface area contributed by atoms with Crippen molar-refractivity contribution in [3.63, 3.8) is 0 Å². The number of carbonyl (C=O) groups is 3. The minimum Gasteiger partial charge on any atom is -0.480 e. The maximum absolute atomic E-state index is 12.1. The van der Waals surface area contributed by atoms with Gasteiger partial charge in [-0.25, -0.2) is 9.59 Å². The van der Waals surface area contributed by atoms with E-state index < -0.39 is 18.0 Å². The number of carboxylic acids is 1. The van der Waals surface area contributed by atoms with Gasteiger partial charge in [-0.15, -0.1) is 0 Å². The molecule has 7 heteroatoms. The van der Waals surface area contributed by atoms with E-state index in [-0.39, 0.29) is 24.9 Å². The van der Waals surface area contributed by atoms with Gasteiger partial charge in [0.05, 0.1) is 7.11 Å². The Morgan fingerprint density at radius 3 is 2.50 bits per heavy atom. The van der Waals surface area contributed by atoms with Crippen molar-refractivity contribution < 1.29 is 24.2 Å². The summed E-state index contributed by atoms with van der Waals surface area (Å²) in [6.45, 7) is 2.58. The average molecular weight is 286 g/mol. The molecule has 0 bridgehead atoms. The second-order valence-electron chi connectivity index (χ2n) is 4.88. The number of nitrogens with one attached hydrogen (secondary N) is 1. The van der Waals surface area contributed by atoms with Gasteiger partial charge in [-0.05, 0) is 25.7 Å². The van der Waals surface area contributed by atoms with Crippen molar-refractivity contribution in [2.75, 3.05) is 13.7 Å². The van der Waals surface area contributed by atoms with Gasteiger partial charge >= 0.3 is 18.0 Å². The molecule has 0 aliphatic heterocycles. The number of ether oxygens (including phenoxy) is 1. The van der Waals surface area contributed by atoms with E-state index >= 15 is 0 Å². The van der Waals surface area contributed by atoms with Gasteiger partial charge in [0.2, 0.25) is 0 Å². The van der Waals surface area contributed by atoms with Gasteiger partial charge in [0.25, 0.3) is 0 Å². The number of urea groups is 1. The normalized spacial score (nSPS) is 15.3. The second kappa shape index (κ2) is 7.72. The second-order valence-corrected chi connectivity index (χ2v) is 4.88. The molecule has 1 saturated carbocycles. The Morgan fingerprint density at radius 1 is 1.40 bits per heavy atom. The Balaban J connectivity index is 2.52. The summed E-state index contributed by atoms with van der Waals surface area (Å²) in [6, 6.07) is -1.21. The van der Waals surface area contributed by atoms with Gasteiger partial charge in [-0.2, -0.15) is 0 Å². The lowest BCUT2D eigenvalue weighted by Crippen LogP contribution is -2.49. The van der Waals surface area contributed by atoms with E-state index in [4.69, 9.17) is 5.11 Å². The molecule has 0 unspecified atom stereocenters. The molecule has 0 radical (unpaired) electrons. The van der Waals surface area contributed by atoms with Crippen LogP contribution in [0.2, 0.25) is 0 Å². The first-order valence-electron chi connectivity index (χ1n) is 6.86. The topological polar surface area (TPSA) is 95.9 Å². The number of amides is 2. The number of esters is 1. The number of carboxylic acid groups (broad SMARTS) is 1. The standard InChI is InChI=1S/C13H22N2O5/c1-3-8-15(9-4-5-9)13(19)14-10(12(17)18)6-7-11(16)20-2/h9-10H,3-8H2,1-2H3,(H,14,19)(H,17,18)/t10-/m0/s1. The van der Waals surface area contributed by atoms with E-state index in [1.165, 1.54) is 7.11 Å². The van der Waals surface area contributed by atoms with Gasteiger partial charge in [0.1, 0.15) is 6.04 Å². The molecular weight excluding hydrogens is 264 g/mol. The van der Waals surface area contributed by atoms with Crippen molar-refractivity contribution in [1.29, 1.82) is 0 Å². The first-order chi connectivity index (χ1) is 9.49. The Bertz CT molecular complexity index is 368. The molecular formula is C13H22N2O5. The highest BCUT2D eigenvalue weighted by atomic mass is 16.5. The van der Waals surface area contributed by atoms with E-state index in [0.29, 0.717) is 6.54 Å². The highest BCUT2D eigenvalue weighted by Gasteiger charge is 2.33. The first-order valence-corrected chi connectivity index (χ1v) is 6.86. The summed E-state index contributed by atoms with van der Waals surface area (Å²) in [5.74, 6) is -1.63. The summed E-state index contributed by atoms with van der Waals surface area (Å²) in [4.78, 5) is 35.9. The molecule has 2 N–H and O–H groups in total. The Kier molecular flexibility index (Phi) is 6.27. The molecule has 1 fully saturated rings. The predicted molar refractivity (Wildman–Crippen MR) is 71.2 cm³/mol. The lowest BCUT2D eigenvalue weighted by atomic mass is 10.1. The molecule has 0 aromatic carbocycles. The minimum atomic E-state index is -1.14. The van der Waals surface area contributed by atoms with Crippen LogP contribution in [0.3, 0.4) is 0 Å². The van der Waals surface area contributed by atoms with Crippen LogP contribution >= 0.6 is 0 Å². The lowest BCUT2D eigenvalue weighted by Gasteiger charge is -2.24. The molecule has 0 aromatic heterocycles. The van der Waals surface area contributed by atoms with E-state index in [1.807, 2.05) is 6.92 Å². The van der Waals surface area contributed by atoms with E-state index in [2.05, 4.69) is 10.1 Å². The van der Waals surface area contributed by atoms with Gasteiger partial charge < -0.3 is 20.1 Å². The molecule has 1 atom stereocenters. The van der Waals surface area contributed by atoms with Gasteiger partial charge in [-0.3, -0.25) is 4.79 Å². The molecule has 0 saturated heterocycles. The SMILES string of the molecule is CCCN(C(=O)N[C@@H](CCC(=O)OC)C(=O)O)C1CC1. The van der Waals surface area contributed by atoms with Crippen LogP contribution in [0.5, 0.6) is 0 Å². The van der Waals surface area contributed by atoms with Gasteiger partial charge in [0.15, 0.2) is 0 Å². The molecule has 20 heavy (non-hydrogen) atoms. The zero-order valence-corrected chi connectivity index (χ0v) is 11.9. The Labute approximate surface area is 118 Å². The molecule has 1 rings (SSSR count). The maximum Gasteiger partial charge on any atom is 0.326 e. The van der Waals surface area contributed by atoms with E-state index in [0.717, 1.165) is 19.3 Å². The van der Waals surface area contributed by atoms with Crippen molar-refractivity contribution in [3.8, 4) is 0 Å². The smallest absolute Gasteiger partial charge is 0.326 e. The molecule has 0 spiro atoms. The number of hydrogen-bond donors (Lipinski definition) is 2. The highest BCUT2D eigenvalue weighted by Crippen LogP contribution is 2.27. The predicted octanol–water partition coefficient (Wildman–Crippen LogP) is 0.977. The van der Waals surface area contributed by atoms with Crippen LogP contribution in [0.25, 0.3) is 0 Å². The third-order valence-corrected chi connectivity index (χ3v) is 3.17. The summed E-state index contributed by atoms with van der Waals surface area (Å²) in [6.07, 6.45) is 2.74.